The van der Waals surface area contributed by atoms with Crippen molar-refractivity contribution in [2.45, 2.75) is 38.6 Å². The molecule has 1 aromatic carbocycles. The lowest BCUT2D eigenvalue weighted by molar-refractivity contribution is -0.122. The molecular weight excluding hydrogens is 262 g/mol. The lowest BCUT2D eigenvalue weighted by atomic mass is 10.0. The zero-order chi connectivity index (χ0) is 15.1. The fourth-order valence-electron chi connectivity index (χ4n) is 2.76. The first-order chi connectivity index (χ1) is 10.2. The second kappa shape index (κ2) is 7.80. The van der Waals surface area contributed by atoms with Gasteiger partial charge in [-0.05, 0) is 31.7 Å². The van der Waals surface area contributed by atoms with Crippen LogP contribution in [0, 0.1) is 18.3 Å². The van der Waals surface area contributed by atoms with E-state index in [1.165, 1.54) is 11.1 Å². The number of hydrogen-bond acceptors (Lipinski definition) is 3. The molecule has 1 amide bonds. The number of benzene rings is 1. The number of piperidine rings is 1. The summed E-state index contributed by atoms with van der Waals surface area (Å²) in [7, 11) is 0. The Labute approximate surface area is 126 Å². The van der Waals surface area contributed by atoms with Gasteiger partial charge in [-0.3, -0.25) is 9.69 Å². The van der Waals surface area contributed by atoms with E-state index in [-0.39, 0.29) is 11.9 Å². The molecule has 0 aromatic heterocycles. The predicted octanol–water partition coefficient (Wildman–Crippen LogP) is 2.03. The Kier molecular flexibility index (Phi) is 5.77. The highest BCUT2D eigenvalue weighted by molar-refractivity contribution is 5.76. The number of hydrogen-bond donors (Lipinski definition) is 1. The van der Waals surface area contributed by atoms with Gasteiger partial charge in [-0.25, -0.2) is 0 Å². The minimum atomic E-state index is 0.134. The maximum atomic E-state index is 12.0. The summed E-state index contributed by atoms with van der Waals surface area (Å²) in [5.74, 6) is 0.134. The third-order valence-electron chi connectivity index (χ3n) is 3.97. The monoisotopic (exact) mass is 285 g/mol. The van der Waals surface area contributed by atoms with Gasteiger partial charge < -0.3 is 5.32 Å². The van der Waals surface area contributed by atoms with Crippen molar-refractivity contribution in [3.63, 3.8) is 0 Å². The second-order valence-electron chi connectivity index (χ2n) is 5.77. The van der Waals surface area contributed by atoms with E-state index in [4.69, 9.17) is 5.26 Å². The van der Waals surface area contributed by atoms with E-state index in [0.29, 0.717) is 13.0 Å². The summed E-state index contributed by atoms with van der Waals surface area (Å²) in [5, 5.41) is 11.8. The van der Waals surface area contributed by atoms with Gasteiger partial charge in [-0.2, -0.15) is 5.26 Å². The van der Waals surface area contributed by atoms with Gasteiger partial charge in [0.25, 0.3) is 0 Å². The molecule has 0 spiro atoms. The number of nitrogens with zero attached hydrogens (tertiary/aromatic N) is 2. The lowest BCUT2D eigenvalue weighted by Gasteiger charge is -2.30. The number of aryl methyl sites for hydroxylation is 2. The van der Waals surface area contributed by atoms with E-state index in [0.717, 1.165) is 32.4 Å². The van der Waals surface area contributed by atoms with E-state index in [1.54, 1.807) is 0 Å². The molecule has 4 nitrogen and oxygen atoms in total. The number of likely N-dealkylation sites (tertiary alicyclic amines) is 1. The molecule has 0 aliphatic carbocycles. The minimum Gasteiger partial charge on any atom is -0.353 e. The molecule has 4 heteroatoms. The number of nitriles is 1. The standard InChI is InChI=1S/C17H23N3O/c1-14-3-2-4-15(13-14)5-6-17(21)19-16-7-10-20(11-8-16)12-9-18/h2-4,13,16H,5-8,10-12H2,1H3,(H,19,21). The van der Waals surface area contributed by atoms with E-state index in [1.807, 2.05) is 6.07 Å². The Bertz CT molecular complexity index is 513. The van der Waals surface area contributed by atoms with Crippen molar-refractivity contribution in [1.29, 1.82) is 5.26 Å². The molecule has 0 bridgehead atoms. The topological polar surface area (TPSA) is 56.1 Å². The number of carbonyl (C=O) groups excluding carboxylic acids is 1. The maximum Gasteiger partial charge on any atom is 0.220 e. The highest BCUT2D eigenvalue weighted by Crippen LogP contribution is 2.11. The Morgan fingerprint density at radius 1 is 1.43 bits per heavy atom. The van der Waals surface area contributed by atoms with Gasteiger partial charge >= 0.3 is 0 Å². The predicted molar refractivity (Wildman–Crippen MR) is 82.7 cm³/mol. The first-order valence-electron chi connectivity index (χ1n) is 7.61. The van der Waals surface area contributed by atoms with Crippen molar-refractivity contribution in [1.82, 2.24) is 10.2 Å². The normalized spacial score (nSPS) is 16.4. The molecule has 0 saturated carbocycles. The number of carbonyl (C=O) groups is 1. The summed E-state index contributed by atoms with van der Waals surface area (Å²) in [6.07, 6.45) is 3.22. The molecule has 1 saturated heterocycles. The lowest BCUT2D eigenvalue weighted by Crippen LogP contribution is -2.44. The molecule has 1 aliphatic rings. The van der Waals surface area contributed by atoms with Gasteiger partial charge in [-0.15, -0.1) is 0 Å². The fourth-order valence-corrected chi connectivity index (χ4v) is 2.76. The van der Waals surface area contributed by atoms with E-state index < -0.39 is 0 Å². The molecule has 1 aromatic rings. The van der Waals surface area contributed by atoms with Crippen LogP contribution in [0.2, 0.25) is 0 Å². The zero-order valence-electron chi connectivity index (χ0n) is 12.6. The Morgan fingerprint density at radius 3 is 2.86 bits per heavy atom. The fraction of sp³-hybridized carbons (Fsp3) is 0.529. The van der Waals surface area contributed by atoms with Gasteiger partial charge in [-0.1, -0.05) is 29.8 Å². The van der Waals surface area contributed by atoms with Crippen LogP contribution in [0.15, 0.2) is 24.3 Å². The minimum absolute atomic E-state index is 0.134. The van der Waals surface area contributed by atoms with Crippen molar-refractivity contribution in [3.8, 4) is 6.07 Å². The van der Waals surface area contributed by atoms with Crippen LogP contribution >= 0.6 is 0 Å². The van der Waals surface area contributed by atoms with Crippen molar-refractivity contribution in [2.24, 2.45) is 0 Å². The molecule has 1 N–H and O–H groups in total. The van der Waals surface area contributed by atoms with Gasteiger partial charge in [0.15, 0.2) is 0 Å². The molecule has 1 aliphatic heterocycles. The van der Waals surface area contributed by atoms with Crippen LogP contribution in [-0.4, -0.2) is 36.5 Å². The van der Waals surface area contributed by atoms with Gasteiger partial charge in [0.05, 0.1) is 12.6 Å². The Balaban J connectivity index is 1.70. The first kappa shape index (κ1) is 15.5. The highest BCUT2D eigenvalue weighted by Gasteiger charge is 2.20. The van der Waals surface area contributed by atoms with Gasteiger partial charge in [0.1, 0.15) is 0 Å². The van der Waals surface area contributed by atoms with Gasteiger partial charge in [0.2, 0.25) is 5.91 Å². The third kappa shape index (κ3) is 5.20. The van der Waals surface area contributed by atoms with Crippen LogP contribution in [0.1, 0.15) is 30.4 Å². The van der Waals surface area contributed by atoms with Crippen LogP contribution in [0.5, 0.6) is 0 Å². The second-order valence-corrected chi connectivity index (χ2v) is 5.77. The third-order valence-corrected chi connectivity index (χ3v) is 3.97. The largest absolute Gasteiger partial charge is 0.353 e. The average molecular weight is 285 g/mol. The molecule has 1 fully saturated rings. The molecule has 112 valence electrons. The van der Waals surface area contributed by atoms with Gasteiger partial charge in [0, 0.05) is 25.6 Å². The molecule has 0 atom stereocenters. The molecule has 21 heavy (non-hydrogen) atoms. The summed E-state index contributed by atoms with van der Waals surface area (Å²) in [4.78, 5) is 14.1. The molecule has 1 heterocycles. The maximum absolute atomic E-state index is 12.0. The van der Waals surface area contributed by atoms with Crippen molar-refractivity contribution < 1.29 is 4.79 Å². The first-order valence-corrected chi connectivity index (χ1v) is 7.61. The van der Waals surface area contributed by atoms with E-state index >= 15 is 0 Å². The van der Waals surface area contributed by atoms with Crippen LogP contribution in [-0.2, 0) is 11.2 Å². The summed E-state index contributed by atoms with van der Waals surface area (Å²) in [5.41, 5.74) is 2.45. The quantitative estimate of drug-likeness (QED) is 0.842. The average Bonchev–Trinajstić information content (AvgIpc) is 2.48. The molecular formula is C17H23N3O. The molecule has 2 rings (SSSR count). The molecule has 0 unspecified atom stereocenters. The van der Waals surface area contributed by atoms with Crippen molar-refractivity contribution >= 4 is 5.91 Å². The van der Waals surface area contributed by atoms with Crippen molar-refractivity contribution in [2.75, 3.05) is 19.6 Å². The number of amides is 1. The van der Waals surface area contributed by atoms with Crippen LogP contribution in [0.3, 0.4) is 0 Å². The summed E-state index contributed by atoms with van der Waals surface area (Å²) < 4.78 is 0. The molecule has 0 radical (unpaired) electrons. The van der Waals surface area contributed by atoms with Crippen LogP contribution in [0.4, 0.5) is 0 Å². The summed E-state index contributed by atoms with van der Waals surface area (Å²) in [6.45, 7) is 4.36. The Hall–Kier alpha value is -1.86. The smallest absolute Gasteiger partial charge is 0.220 e. The number of rotatable bonds is 5. The van der Waals surface area contributed by atoms with Crippen molar-refractivity contribution in [3.05, 3.63) is 35.4 Å². The van der Waals surface area contributed by atoms with E-state index in [9.17, 15) is 4.79 Å². The van der Waals surface area contributed by atoms with Crippen LogP contribution in [0.25, 0.3) is 0 Å². The highest BCUT2D eigenvalue weighted by atomic mass is 16.1. The number of nitrogens with one attached hydrogen (secondary N) is 1. The van der Waals surface area contributed by atoms with Crippen LogP contribution < -0.4 is 5.32 Å². The van der Waals surface area contributed by atoms with E-state index in [2.05, 4.69) is 41.4 Å². The Morgan fingerprint density at radius 2 is 2.19 bits per heavy atom. The zero-order valence-corrected chi connectivity index (χ0v) is 12.6. The summed E-state index contributed by atoms with van der Waals surface area (Å²) in [6, 6.07) is 10.7. The summed E-state index contributed by atoms with van der Waals surface area (Å²) >= 11 is 0. The SMILES string of the molecule is Cc1cccc(CCC(=O)NC2CCN(CC#N)CC2)c1.